The van der Waals surface area contributed by atoms with Gasteiger partial charge < -0.3 is 20.4 Å². The Labute approximate surface area is 153 Å². The molecule has 0 aliphatic carbocycles. The lowest BCUT2D eigenvalue weighted by Gasteiger charge is -2.32. The molecule has 1 aliphatic rings. The number of carbonyl (C=O) groups is 2. The highest BCUT2D eigenvalue weighted by Gasteiger charge is 2.26. The first-order chi connectivity index (χ1) is 12.3. The van der Waals surface area contributed by atoms with Gasteiger partial charge in [-0.15, -0.1) is 0 Å². The molecule has 1 aromatic carbocycles. The molecule has 1 aromatic heterocycles. The third-order valence-electron chi connectivity index (χ3n) is 4.90. The highest BCUT2D eigenvalue weighted by Crippen LogP contribution is 2.19. The van der Waals surface area contributed by atoms with E-state index in [4.69, 9.17) is 10.2 Å². The minimum Gasteiger partial charge on any atom is -0.466 e. The van der Waals surface area contributed by atoms with Gasteiger partial charge in [0.15, 0.2) is 0 Å². The SMILES string of the molecule is Cc1cc(C(=O)NC2CCN(C(=O)c3cc(N)ccc3C)CC2)c(C)o1. The summed E-state index contributed by atoms with van der Waals surface area (Å²) in [6, 6.07) is 7.21. The molecule has 6 nitrogen and oxygen atoms in total. The lowest BCUT2D eigenvalue weighted by atomic mass is 10.0. The Morgan fingerprint density at radius 3 is 2.42 bits per heavy atom. The van der Waals surface area contributed by atoms with Gasteiger partial charge in [-0.25, -0.2) is 0 Å². The number of nitrogens with zero attached hydrogens (tertiary/aromatic N) is 1. The topological polar surface area (TPSA) is 88.6 Å². The molecule has 2 amide bonds. The largest absolute Gasteiger partial charge is 0.466 e. The van der Waals surface area contributed by atoms with Crippen molar-refractivity contribution >= 4 is 17.5 Å². The molecular weight excluding hydrogens is 330 g/mol. The van der Waals surface area contributed by atoms with Gasteiger partial charge in [0.2, 0.25) is 0 Å². The number of carbonyl (C=O) groups excluding carboxylic acids is 2. The number of nitrogens with one attached hydrogen (secondary N) is 1. The van der Waals surface area contributed by atoms with E-state index in [-0.39, 0.29) is 17.9 Å². The zero-order valence-corrected chi connectivity index (χ0v) is 15.5. The number of aryl methyl sites for hydroxylation is 3. The molecule has 0 radical (unpaired) electrons. The summed E-state index contributed by atoms with van der Waals surface area (Å²) in [5.74, 6) is 1.24. The van der Waals surface area contributed by atoms with Crippen LogP contribution in [0.1, 0.15) is 50.6 Å². The van der Waals surface area contributed by atoms with E-state index in [1.807, 2.05) is 24.8 Å². The molecule has 0 spiro atoms. The van der Waals surface area contributed by atoms with Crippen LogP contribution in [0.15, 0.2) is 28.7 Å². The van der Waals surface area contributed by atoms with Crippen molar-refractivity contribution in [1.29, 1.82) is 0 Å². The first kappa shape index (κ1) is 18.0. The average molecular weight is 355 g/mol. The van der Waals surface area contributed by atoms with E-state index in [1.54, 1.807) is 25.1 Å². The quantitative estimate of drug-likeness (QED) is 0.829. The van der Waals surface area contributed by atoms with Crippen LogP contribution in [0.3, 0.4) is 0 Å². The van der Waals surface area contributed by atoms with E-state index in [1.165, 1.54) is 0 Å². The fourth-order valence-corrected chi connectivity index (χ4v) is 3.39. The van der Waals surface area contributed by atoms with Crippen LogP contribution in [-0.2, 0) is 0 Å². The van der Waals surface area contributed by atoms with Gasteiger partial charge in [-0.05, 0) is 57.4 Å². The van der Waals surface area contributed by atoms with Gasteiger partial charge in [0.25, 0.3) is 11.8 Å². The Morgan fingerprint density at radius 2 is 1.81 bits per heavy atom. The van der Waals surface area contributed by atoms with E-state index in [2.05, 4.69) is 5.32 Å². The standard InChI is InChI=1S/C20H25N3O3/c1-12-4-5-15(21)11-17(12)20(25)23-8-6-16(7-9-23)22-19(24)18-10-13(2)26-14(18)3/h4-5,10-11,16H,6-9,21H2,1-3H3,(H,22,24). The fourth-order valence-electron chi connectivity index (χ4n) is 3.39. The second-order valence-electron chi connectivity index (χ2n) is 6.94. The Hall–Kier alpha value is -2.76. The minimum absolute atomic E-state index is 0.000815. The van der Waals surface area contributed by atoms with E-state index >= 15 is 0 Å². The summed E-state index contributed by atoms with van der Waals surface area (Å²) in [6.07, 6.45) is 1.46. The van der Waals surface area contributed by atoms with Crippen LogP contribution in [0.25, 0.3) is 0 Å². The number of anilines is 1. The van der Waals surface area contributed by atoms with Gasteiger partial charge in [0.05, 0.1) is 5.56 Å². The molecule has 0 atom stereocenters. The number of piperidine rings is 1. The molecule has 6 heteroatoms. The molecule has 0 bridgehead atoms. The number of nitrogens with two attached hydrogens (primary N) is 1. The zero-order chi connectivity index (χ0) is 18.8. The number of hydrogen-bond acceptors (Lipinski definition) is 4. The van der Waals surface area contributed by atoms with Gasteiger partial charge in [-0.1, -0.05) is 6.07 Å². The van der Waals surface area contributed by atoms with Gasteiger partial charge in [-0.2, -0.15) is 0 Å². The molecule has 1 saturated heterocycles. The summed E-state index contributed by atoms with van der Waals surface area (Å²) in [7, 11) is 0. The second kappa shape index (κ2) is 7.23. The van der Waals surface area contributed by atoms with Gasteiger partial charge >= 0.3 is 0 Å². The van der Waals surface area contributed by atoms with Crippen LogP contribution in [0.4, 0.5) is 5.69 Å². The third-order valence-corrected chi connectivity index (χ3v) is 4.90. The van der Waals surface area contributed by atoms with Crippen molar-refractivity contribution in [3.05, 3.63) is 52.5 Å². The summed E-state index contributed by atoms with van der Waals surface area (Å²) in [5.41, 5.74) is 8.56. The lowest BCUT2D eigenvalue weighted by Crippen LogP contribution is -2.46. The van der Waals surface area contributed by atoms with Crippen LogP contribution >= 0.6 is 0 Å². The van der Waals surface area contributed by atoms with Crippen LogP contribution in [0.5, 0.6) is 0 Å². The Balaban J connectivity index is 1.59. The van der Waals surface area contributed by atoms with Crippen LogP contribution in [-0.4, -0.2) is 35.8 Å². The van der Waals surface area contributed by atoms with E-state index in [9.17, 15) is 9.59 Å². The maximum absolute atomic E-state index is 12.7. The summed E-state index contributed by atoms with van der Waals surface area (Å²) in [4.78, 5) is 27.0. The van der Waals surface area contributed by atoms with Crippen molar-refractivity contribution < 1.29 is 14.0 Å². The first-order valence-electron chi connectivity index (χ1n) is 8.88. The number of likely N-dealkylation sites (tertiary alicyclic amines) is 1. The molecule has 1 aliphatic heterocycles. The summed E-state index contributed by atoms with van der Waals surface area (Å²) < 4.78 is 5.42. The molecule has 3 rings (SSSR count). The third kappa shape index (κ3) is 3.74. The predicted octanol–water partition coefficient (Wildman–Crippen LogP) is 2.82. The Bertz CT molecular complexity index is 833. The Kier molecular flexibility index (Phi) is 5.02. The fraction of sp³-hybridized carbons (Fsp3) is 0.400. The van der Waals surface area contributed by atoms with Crippen molar-refractivity contribution in [1.82, 2.24) is 10.2 Å². The monoisotopic (exact) mass is 355 g/mol. The number of rotatable bonds is 3. The summed E-state index contributed by atoms with van der Waals surface area (Å²) in [5, 5.41) is 3.05. The summed E-state index contributed by atoms with van der Waals surface area (Å²) in [6.45, 7) is 6.75. The van der Waals surface area contributed by atoms with Crippen molar-refractivity contribution in [2.75, 3.05) is 18.8 Å². The maximum atomic E-state index is 12.7. The minimum atomic E-state index is -0.115. The number of benzene rings is 1. The molecule has 26 heavy (non-hydrogen) atoms. The van der Waals surface area contributed by atoms with Crippen molar-refractivity contribution in [2.24, 2.45) is 0 Å². The predicted molar refractivity (Wildman–Crippen MR) is 100 cm³/mol. The lowest BCUT2D eigenvalue weighted by molar-refractivity contribution is 0.0697. The van der Waals surface area contributed by atoms with E-state index in [0.717, 1.165) is 24.2 Å². The van der Waals surface area contributed by atoms with Crippen molar-refractivity contribution in [3.8, 4) is 0 Å². The highest BCUT2D eigenvalue weighted by atomic mass is 16.3. The van der Waals surface area contributed by atoms with Crippen molar-refractivity contribution in [3.63, 3.8) is 0 Å². The molecule has 0 saturated carbocycles. The normalized spacial score (nSPS) is 15.1. The molecule has 0 unspecified atom stereocenters. The maximum Gasteiger partial charge on any atom is 0.255 e. The first-order valence-corrected chi connectivity index (χ1v) is 8.88. The molecule has 1 fully saturated rings. The molecule has 138 valence electrons. The average Bonchev–Trinajstić information content (AvgIpc) is 2.95. The number of hydrogen-bond donors (Lipinski definition) is 2. The molecule has 3 N–H and O–H groups in total. The highest BCUT2D eigenvalue weighted by molar-refractivity contribution is 5.97. The molecule has 2 heterocycles. The van der Waals surface area contributed by atoms with Crippen LogP contribution in [0.2, 0.25) is 0 Å². The molecule has 2 aromatic rings. The van der Waals surface area contributed by atoms with Crippen LogP contribution in [0, 0.1) is 20.8 Å². The van der Waals surface area contributed by atoms with Gasteiger partial charge in [0, 0.05) is 30.4 Å². The smallest absolute Gasteiger partial charge is 0.255 e. The van der Waals surface area contributed by atoms with Gasteiger partial charge in [0.1, 0.15) is 11.5 Å². The number of nitrogen functional groups attached to an aromatic ring is 1. The number of furan rings is 1. The van der Waals surface area contributed by atoms with E-state index < -0.39 is 0 Å². The summed E-state index contributed by atoms with van der Waals surface area (Å²) >= 11 is 0. The number of amides is 2. The van der Waals surface area contributed by atoms with Crippen molar-refractivity contribution in [2.45, 2.75) is 39.7 Å². The van der Waals surface area contributed by atoms with E-state index in [0.29, 0.717) is 35.7 Å². The van der Waals surface area contributed by atoms with Gasteiger partial charge in [-0.3, -0.25) is 9.59 Å². The zero-order valence-electron chi connectivity index (χ0n) is 15.5. The Morgan fingerprint density at radius 1 is 1.12 bits per heavy atom. The second-order valence-corrected chi connectivity index (χ2v) is 6.94. The van der Waals surface area contributed by atoms with Crippen LogP contribution < -0.4 is 11.1 Å². The molecular formula is C20H25N3O3.